The van der Waals surface area contributed by atoms with Gasteiger partial charge in [-0.15, -0.1) is 10.2 Å². The maximum atomic E-state index is 12.0. The molecule has 0 saturated heterocycles. The first-order chi connectivity index (χ1) is 9.45. The van der Waals surface area contributed by atoms with Crippen molar-refractivity contribution in [1.29, 1.82) is 0 Å². The highest BCUT2D eigenvalue weighted by atomic mass is 32.2. The van der Waals surface area contributed by atoms with Gasteiger partial charge in [0.05, 0.1) is 11.4 Å². The van der Waals surface area contributed by atoms with Crippen molar-refractivity contribution in [2.45, 2.75) is 11.3 Å². The Morgan fingerprint density at radius 3 is 2.85 bits per heavy atom. The number of nitrogens with zero attached hydrogens (tertiary/aromatic N) is 4. The zero-order valence-corrected chi connectivity index (χ0v) is 12.3. The maximum absolute atomic E-state index is 12.0. The van der Waals surface area contributed by atoms with Crippen molar-refractivity contribution in [3.8, 4) is 0 Å². The van der Waals surface area contributed by atoms with Crippen LogP contribution in [0.15, 0.2) is 10.4 Å². The lowest BCUT2D eigenvalue weighted by Crippen LogP contribution is -2.15. The van der Waals surface area contributed by atoms with Crippen molar-refractivity contribution in [3.05, 3.63) is 17.5 Å². The Bertz CT molecular complexity index is 651. The summed E-state index contributed by atoms with van der Waals surface area (Å²) >= 11 is 2.18. The lowest BCUT2D eigenvalue weighted by atomic mass is 10.3. The molecule has 2 aromatic heterocycles. The second-order valence-corrected chi connectivity index (χ2v) is 6.00. The number of nitrogens with one attached hydrogen (secondary N) is 1. The van der Waals surface area contributed by atoms with Crippen LogP contribution in [0.5, 0.6) is 0 Å². The average Bonchev–Trinajstić information content (AvgIpc) is 2.93. The Kier molecular flexibility index (Phi) is 4.35. The van der Waals surface area contributed by atoms with Crippen LogP contribution in [-0.4, -0.2) is 42.7 Å². The molecule has 20 heavy (non-hydrogen) atoms. The lowest BCUT2D eigenvalue weighted by Gasteiger charge is -2.00. The molecule has 0 radical (unpaired) electrons. The molecule has 0 spiro atoms. The van der Waals surface area contributed by atoms with Crippen LogP contribution >= 0.6 is 23.1 Å². The van der Waals surface area contributed by atoms with Crippen molar-refractivity contribution in [1.82, 2.24) is 20.0 Å². The summed E-state index contributed by atoms with van der Waals surface area (Å²) < 4.78 is 1.97. The smallest absolute Gasteiger partial charge is 0.313 e. The zero-order chi connectivity index (χ0) is 14.7. The molecule has 0 saturated carbocycles. The Labute approximate surface area is 122 Å². The van der Waals surface area contributed by atoms with Crippen molar-refractivity contribution >= 4 is 40.1 Å². The number of carbonyl (C=O) groups is 2. The first-order valence-electron chi connectivity index (χ1n) is 5.46. The number of carboxylic acid groups (broad SMARTS) is 1. The highest BCUT2D eigenvalue weighted by Crippen LogP contribution is 2.25. The van der Waals surface area contributed by atoms with Gasteiger partial charge in [0, 0.05) is 7.05 Å². The van der Waals surface area contributed by atoms with E-state index in [-0.39, 0.29) is 11.7 Å². The van der Waals surface area contributed by atoms with E-state index in [4.69, 9.17) is 5.11 Å². The summed E-state index contributed by atoms with van der Waals surface area (Å²) in [6.07, 6.45) is 0. The SMILES string of the molecule is Cc1cc(C(=O)Nc2nnc(SCC(=O)O)s2)n(C)n1. The predicted octanol–water partition coefficient (Wildman–Crippen LogP) is 1.01. The second kappa shape index (κ2) is 6.01. The second-order valence-electron chi connectivity index (χ2n) is 3.80. The van der Waals surface area contributed by atoms with Gasteiger partial charge in [0.2, 0.25) is 5.13 Å². The van der Waals surface area contributed by atoms with E-state index >= 15 is 0 Å². The highest BCUT2D eigenvalue weighted by Gasteiger charge is 2.14. The molecular formula is C10H11N5O3S2. The molecule has 0 bridgehead atoms. The molecule has 8 nitrogen and oxygen atoms in total. The zero-order valence-electron chi connectivity index (χ0n) is 10.7. The van der Waals surface area contributed by atoms with E-state index in [1.54, 1.807) is 20.0 Å². The van der Waals surface area contributed by atoms with E-state index in [2.05, 4.69) is 20.6 Å². The fourth-order valence-electron chi connectivity index (χ4n) is 1.43. The molecule has 2 heterocycles. The first-order valence-corrected chi connectivity index (χ1v) is 7.26. The number of hydrogen-bond acceptors (Lipinski definition) is 7. The molecule has 0 aliphatic rings. The lowest BCUT2D eigenvalue weighted by molar-refractivity contribution is -0.133. The summed E-state index contributed by atoms with van der Waals surface area (Å²) in [5, 5.41) is 23.2. The minimum absolute atomic E-state index is 0.0937. The third-order valence-electron chi connectivity index (χ3n) is 2.18. The number of carbonyl (C=O) groups excluding carboxylic acids is 1. The van der Waals surface area contributed by atoms with Crippen LogP contribution < -0.4 is 5.32 Å². The van der Waals surface area contributed by atoms with E-state index in [9.17, 15) is 9.59 Å². The number of aryl methyl sites for hydroxylation is 2. The number of aliphatic carboxylic acids is 1. The number of carboxylic acids is 1. The van der Waals surface area contributed by atoms with Crippen LogP contribution in [0.25, 0.3) is 0 Å². The minimum Gasteiger partial charge on any atom is -0.481 e. The van der Waals surface area contributed by atoms with Crippen molar-refractivity contribution in [2.75, 3.05) is 11.1 Å². The van der Waals surface area contributed by atoms with E-state index in [1.165, 1.54) is 4.68 Å². The van der Waals surface area contributed by atoms with Gasteiger partial charge in [0.1, 0.15) is 5.69 Å². The average molecular weight is 313 g/mol. The van der Waals surface area contributed by atoms with E-state index in [0.717, 1.165) is 28.8 Å². The number of anilines is 1. The fourth-order valence-corrected chi connectivity index (χ4v) is 2.89. The number of rotatable bonds is 5. The Hall–Kier alpha value is -1.94. The van der Waals surface area contributed by atoms with Gasteiger partial charge < -0.3 is 5.11 Å². The summed E-state index contributed by atoms with van der Waals surface area (Å²) in [5.74, 6) is -1.36. The molecule has 1 amide bonds. The van der Waals surface area contributed by atoms with Crippen LogP contribution in [-0.2, 0) is 11.8 Å². The molecule has 0 atom stereocenters. The fraction of sp³-hybridized carbons (Fsp3) is 0.300. The molecule has 2 aromatic rings. The topological polar surface area (TPSA) is 110 Å². The summed E-state index contributed by atoms with van der Waals surface area (Å²) in [7, 11) is 1.68. The van der Waals surface area contributed by atoms with Gasteiger partial charge in [-0.1, -0.05) is 23.1 Å². The van der Waals surface area contributed by atoms with Crippen molar-refractivity contribution in [3.63, 3.8) is 0 Å². The highest BCUT2D eigenvalue weighted by molar-refractivity contribution is 8.01. The van der Waals surface area contributed by atoms with Gasteiger partial charge in [-0.3, -0.25) is 19.6 Å². The van der Waals surface area contributed by atoms with E-state index in [0.29, 0.717) is 15.2 Å². The van der Waals surface area contributed by atoms with Gasteiger partial charge in [-0.2, -0.15) is 5.10 Å². The van der Waals surface area contributed by atoms with Gasteiger partial charge in [-0.05, 0) is 13.0 Å². The van der Waals surface area contributed by atoms with Crippen LogP contribution in [0, 0.1) is 6.92 Å². The molecule has 106 valence electrons. The third-order valence-corrected chi connectivity index (χ3v) is 4.14. The van der Waals surface area contributed by atoms with Gasteiger partial charge in [0.15, 0.2) is 4.34 Å². The minimum atomic E-state index is -0.929. The van der Waals surface area contributed by atoms with Gasteiger partial charge in [-0.25, -0.2) is 0 Å². The Morgan fingerprint density at radius 2 is 2.25 bits per heavy atom. The van der Waals surface area contributed by atoms with Gasteiger partial charge >= 0.3 is 5.97 Å². The quantitative estimate of drug-likeness (QED) is 0.626. The molecule has 2 rings (SSSR count). The van der Waals surface area contributed by atoms with Crippen molar-refractivity contribution < 1.29 is 14.7 Å². The Balaban J connectivity index is 2.01. The number of hydrogen-bond donors (Lipinski definition) is 2. The normalized spacial score (nSPS) is 10.5. The molecule has 2 N–H and O–H groups in total. The summed E-state index contributed by atoms with van der Waals surface area (Å²) in [6, 6.07) is 1.66. The van der Waals surface area contributed by atoms with Crippen LogP contribution in [0.1, 0.15) is 16.2 Å². The standard InChI is InChI=1S/C10H11N5O3S2/c1-5-3-6(15(2)14-5)8(18)11-9-12-13-10(20-9)19-4-7(16)17/h3H,4H2,1-2H3,(H,16,17)(H,11,12,18). The molecule has 0 fully saturated rings. The largest absolute Gasteiger partial charge is 0.481 e. The molecule has 10 heteroatoms. The molecule has 0 aromatic carbocycles. The summed E-state index contributed by atoms with van der Waals surface area (Å²) in [6.45, 7) is 1.79. The molecule has 0 aliphatic heterocycles. The van der Waals surface area contributed by atoms with E-state index < -0.39 is 5.97 Å². The molecular weight excluding hydrogens is 302 g/mol. The Morgan fingerprint density at radius 1 is 1.50 bits per heavy atom. The maximum Gasteiger partial charge on any atom is 0.313 e. The number of amides is 1. The monoisotopic (exact) mass is 313 g/mol. The number of thioether (sulfide) groups is 1. The van der Waals surface area contributed by atoms with Crippen LogP contribution in [0.3, 0.4) is 0 Å². The summed E-state index contributed by atoms with van der Waals surface area (Å²) in [5.41, 5.74) is 1.16. The van der Waals surface area contributed by atoms with Gasteiger partial charge in [0.25, 0.3) is 5.91 Å². The third kappa shape index (κ3) is 3.54. The van der Waals surface area contributed by atoms with Crippen LogP contribution in [0.4, 0.5) is 5.13 Å². The van der Waals surface area contributed by atoms with E-state index in [1.807, 2.05) is 0 Å². The number of aromatic nitrogens is 4. The first kappa shape index (κ1) is 14.5. The molecule has 0 unspecified atom stereocenters. The molecule has 0 aliphatic carbocycles. The van der Waals surface area contributed by atoms with Crippen LogP contribution in [0.2, 0.25) is 0 Å². The summed E-state index contributed by atoms with van der Waals surface area (Å²) in [4.78, 5) is 22.4. The van der Waals surface area contributed by atoms with Crippen molar-refractivity contribution in [2.24, 2.45) is 7.05 Å². The predicted molar refractivity (Wildman–Crippen MR) is 74.2 cm³/mol.